The van der Waals surface area contributed by atoms with Gasteiger partial charge in [0.15, 0.2) is 0 Å². The normalized spacial score (nSPS) is 19.3. The van der Waals surface area contributed by atoms with Crippen LogP contribution in [0.5, 0.6) is 5.75 Å². The van der Waals surface area contributed by atoms with E-state index in [0.29, 0.717) is 17.4 Å². The molecule has 3 aromatic heterocycles. The molecule has 2 aliphatic rings. The molecule has 1 saturated heterocycles. The number of nitrogens with zero attached hydrogens (tertiary/aromatic N) is 6. The lowest BCUT2D eigenvalue weighted by Crippen LogP contribution is -2.35. The smallest absolute Gasteiger partial charge is 0.258 e. The third-order valence-electron chi connectivity index (χ3n) is 8.07. The van der Waals surface area contributed by atoms with E-state index in [1.165, 1.54) is 0 Å². The van der Waals surface area contributed by atoms with Crippen LogP contribution in [0.3, 0.4) is 0 Å². The number of rotatable bonds is 2. The minimum absolute atomic E-state index is 0.198. The predicted octanol–water partition coefficient (Wildman–Crippen LogP) is 4.84. The Kier molecular flexibility index (Phi) is 6.85. The van der Waals surface area contributed by atoms with Gasteiger partial charge in [-0.15, -0.1) is 0 Å². The van der Waals surface area contributed by atoms with Crippen LogP contribution in [0.4, 0.5) is 5.95 Å². The van der Waals surface area contributed by atoms with E-state index in [-0.39, 0.29) is 12.0 Å². The van der Waals surface area contributed by atoms with Crippen LogP contribution in [0.25, 0.3) is 22.3 Å². The summed E-state index contributed by atoms with van der Waals surface area (Å²) < 4.78 is 10.5. The number of likely N-dealkylation sites (tertiary alicyclic amines) is 1. The molecule has 5 heterocycles. The Labute approximate surface area is 229 Å². The Morgan fingerprint density at radius 2 is 1.87 bits per heavy atom. The number of aryl methyl sites for hydroxylation is 2. The van der Waals surface area contributed by atoms with Crippen LogP contribution in [0.1, 0.15) is 54.4 Å². The van der Waals surface area contributed by atoms with E-state index in [1.54, 1.807) is 0 Å². The molecule has 0 radical (unpaired) electrons. The molecule has 1 fully saturated rings. The first kappa shape index (κ1) is 25.6. The number of imidazole rings is 1. The molecule has 4 aromatic rings. The first-order valence-electron chi connectivity index (χ1n) is 14.0. The fraction of sp³-hybridized carbons (Fsp3) is 0.467. The van der Waals surface area contributed by atoms with Crippen molar-refractivity contribution in [2.24, 2.45) is 13.0 Å². The molecule has 0 spiro atoms. The number of ether oxygens (including phenoxy) is 1. The van der Waals surface area contributed by atoms with Crippen molar-refractivity contribution >= 4 is 22.9 Å². The number of fused-ring (bicyclic) bond motifs is 7. The number of nitrogens with one attached hydrogen (secondary N) is 1. The first-order chi connectivity index (χ1) is 18.8. The lowest BCUT2D eigenvalue weighted by Gasteiger charge is -2.29. The molecule has 204 valence electrons. The van der Waals surface area contributed by atoms with E-state index < -0.39 is 0 Å². The molecular formula is C30H37N7O2. The minimum Gasteiger partial charge on any atom is -0.490 e. The summed E-state index contributed by atoms with van der Waals surface area (Å²) in [5, 5.41) is 7.62. The van der Waals surface area contributed by atoms with Crippen LogP contribution in [0.2, 0.25) is 0 Å². The number of hydrogen-bond donors (Lipinski definition) is 1. The van der Waals surface area contributed by atoms with Gasteiger partial charge in [0.2, 0.25) is 5.95 Å². The number of piperidine rings is 1. The zero-order valence-electron chi connectivity index (χ0n) is 23.3. The number of benzene rings is 1. The number of pyridine rings is 1. The molecule has 6 rings (SSSR count). The third kappa shape index (κ3) is 5.28. The molecule has 2 bridgehead atoms. The van der Waals surface area contributed by atoms with E-state index in [2.05, 4.69) is 39.9 Å². The number of aromatic nitrogens is 5. The number of carbonyl (C=O) groups excluding carboxylic acids is 1. The standard InChI is InChI=1S/C30H37N7O2/c1-19-6-5-7-27-24(17-31-36(27)4)26-15-21(14-20(2)32-26)29(38)34-30-33-25-9-8-23(16-28(25)37(30)18-19)39-22-10-12-35(3)13-11-22/h8-9,14-17,19,22H,5-7,10-13,18H2,1-4H3,(H,33,34,38)/t19-/m1/s1. The quantitative estimate of drug-likeness (QED) is 0.401. The van der Waals surface area contributed by atoms with E-state index >= 15 is 0 Å². The average Bonchev–Trinajstić information content (AvgIpc) is 3.44. The van der Waals surface area contributed by atoms with E-state index in [9.17, 15) is 4.79 Å². The van der Waals surface area contributed by atoms with Crippen molar-refractivity contribution < 1.29 is 9.53 Å². The highest BCUT2D eigenvalue weighted by atomic mass is 16.5. The molecular weight excluding hydrogens is 490 g/mol. The highest BCUT2D eigenvalue weighted by Gasteiger charge is 2.22. The Bertz CT molecular complexity index is 1510. The van der Waals surface area contributed by atoms with Crippen LogP contribution in [-0.4, -0.2) is 61.4 Å². The Morgan fingerprint density at radius 3 is 2.69 bits per heavy atom. The average molecular weight is 528 g/mol. The third-order valence-corrected chi connectivity index (χ3v) is 8.07. The van der Waals surface area contributed by atoms with Gasteiger partial charge in [0.25, 0.3) is 5.91 Å². The number of carbonyl (C=O) groups is 1. The first-order valence-corrected chi connectivity index (χ1v) is 14.0. The summed E-state index contributed by atoms with van der Waals surface area (Å²) in [6.07, 6.45) is 7.11. The van der Waals surface area contributed by atoms with Gasteiger partial charge in [-0.05, 0) is 76.3 Å². The van der Waals surface area contributed by atoms with Crippen LogP contribution >= 0.6 is 0 Å². The van der Waals surface area contributed by atoms with Gasteiger partial charge in [0.1, 0.15) is 11.9 Å². The molecule has 1 N–H and O–H groups in total. The van der Waals surface area contributed by atoms with Crippen LogP contribution < -0.4 is 10.1 Å². The van der Waals surface area contributed by atoms with Gasteiger partial charge in [0.05, 0.1) is 22.9 Å². The van der Waals surface area contributed by atoms with E-state index in [1.807, 2.05) is 49.1 Å². The summed E-state index contributed by atoms with van der Waals surface area (Å²) in [5.41, 5.74) is 6.09. The fourth-order valence-corrected chi connectivity index (χ4v) is 5.86. The fourth-order valence-electron chi connectivity index (χ4n) is 5.86. The largest absolute Gasteiger partial charge is 0.490 e. The second kappa shape index (κ2) is 10.4. The van der Waals surface area contributed by atoms with E-state index in [0.717, 1.165) is 91.2 Å². The van der Waals surface area contributed by atoms with Gasteiger partial charge >= 0.3 is 0 Å². The van der Waals surface area contributed by atoms with Gasteiger partial charge in [0, 0.05) is 55.3 Å². The van der Waals surface area contributed by atoms with Gasteiger partial charge in [-0.1, -0.05) is 6.92 Å². The van der Waals surface area contributed by atoms with Gasteiger partial charge in [-0.3, -0.25) is 19.8 Å². The van der Waals surface area contributed by atoms with Gasteiger partial charge < -0.3 is 14.2 Å². The summed E-state index contributed by atoms with van der Waals surface area (Å²) in [6, 6.07) is 9.77. The molecule has 0 saturated carbocycles. The van der Waals surface area contributed by atoms with Crippen molar-refractivity contribution in [3.63, 3.8) is 0 Å². The number of amides is 1. The SMILES string of the molecule is Cc1cc2cc(n1)-c1cnn(C)c1CCC[C@@H](C)Cn1c(nc3ccc(OC4CCN(C)CC4)cc31)NC2=O. The second-order valence-corrected chi connectivity index (χ2v) is 11.3. The maximum Gasteiger partial charge on any atom is 0.258 e. The monoisotopic (exact) mass is 527 g/mol. The molecule has 2 aliphatic heterocycles. The number of anilines is 1. The van der Waals surface area contributed by atoms with Gasteiger partial charge in [-0.2, -0.15) is 5.10 Å². The van der Waals surface area contributed by atoms with Gasteiger partial charge in [-0.25, -0.2) is 4.98 Å². The summed E-state index contributed by atoms with van der Waals surface area (Å²) >= 11 is 0. The molecule has 9 nitrogen and oxygen atoms in total. The van der Waals surface area contributed by atoms with Crippen molar-refractivity contribution in [3.05, 3.63) is 53.5 Å². The van der Waals surface area contributed by atoms with Crippen LogP contribution in [-0.2, 0) is 20.0 Å². The zero-order valence-corrected chi connectivity index (χ0v) is 23.3. The lowest BCUT2D eigenvalue weighted by atomic mass is 10.00. The van der Waals surface area contributed by atoms with Crippen molar-refractivity contribution in [3.8, 4) is 17.0 Å². The molecule has 1 aromatic carbocycles. The summed E-state index contributed by atoms with van der Waals surface area (Å²) in [6.45, 7) is 7.04. The maximum atomic E-state index is 13.6. The van der Waals surface area contributed by atoms with Crippen molar-refractivity contribution in [1.29, 1.82) is 0 Å². The Hall–Kier alpha value is -3.72. The summed E-state index contributed by atoms with van der Waals surface area (Å²) in [5.74, 6) is 1.61. The predicted molar refractivity (Wildman–Crippen MR) is 152 cm³/mol. The Morgan fingerprint density at radius 1 is 1.05 bits per heavy atom. The van der Waals surface area contributed by atoms with Crippen LogP contribution in [0.15, 0.2) is 36.5 Å². The zero-order chi connectivity index (χ0) is 27.1. The number of hydrogen-bond acceptors (Lipinski definition) is 6. The molecule has 39 heavy (non-hydrogen) atoms. The summed E-state index contributed by atoms with van der Waals surface area (Å²) in [4.78, 5) is 25.5. The molecule has 1 atom stereocenters. The maximum absolute atomic E-state index is 13.6. The second-order valence-electron chi connectivity index (χ2n) is 11.3. The van der Waals surface area contributed by atoms with Crippen molar-refractivity contribution in [2.45, 2.75) is 58.6 Å². The lowest BCUT2D eigenvalue weighted by molar-refractivity contribution is 0.102. The highest BCUT2D eigenvalue weighted by Crippen LogP contribution is 2.30. The van der Waals surface area contributed by atoms with Crippen LogP contribution in [0, 0.1) is 12.8 Å². The summed E-state index contributed by atoms with van der Waals surface area (Å²) in [7, 11) is 4.13. The topological polar surface area (TPSA) is 90.1 Å². The van der Waals surface area contributed by atoms with E-state index in [4.69, 9.17) is 14.7 Å². The molecule has 0 unspecified atom stereocenters. The Balaban J connectivity index is 1.37. The molecule has 9 heteroatoms. The van der Waals surface area contributed by atoms with Crippen molar-refractivity contribution in [2.75, 3.05) is 25.5 Å². The molecule has 0 aliphatic carbocycles. The highest BCUT2D eigenvalue weighted by molar-refractivity contribution is 6.04. The van der Waals surface area contributed by atoms with Crippen molar-refractivity contribution in [1.82, 2.24) is 29.2 Å². The molecule has 1 amide bonds. The minimum atomic E-state index is -0.198.